The second-order valence-corrected chi connectivity index (χ2v) is 5.41. The summed E-state index contributed by atoms with van der Waals surface area (Å²) in [5, 5.41) is 3.06. The van der Waals surface area contributed by atoms with Crippen LogP contribution in [0.25, 0.3) is 0 Å². The lowest BCUT2D eigenvalue weighted by atomic mass is 9.93. The van der Waals surface area contributed by atoms with Gasteiger partial charge in [-0.1, -0.05) is 24.8 Å². The van der Waals surface area contributed by atoms with E-state index in [2.05, 4.69) is 27.6 Å². The topological polar surface area (TPSA) is 39.3 Å². The van der Waals surface area contributed by atoms with Gasteiger partial charge in [-0.05, 0) is 19.7 Å². The molecule has 0 saturated carbocycles. The monoisotopic (exact) mass is 318 g/mol. The molecule has 0 aromatic rings. The molecule has 1 fully saturated rings. The minimum Gasteiger partial charge on any atom is -0.318 e. The molecule has 4 nitrogen and oxygen atoms in total. The van der Waals surface area contributed by atoms with Gasteiger partial charge in [-0.2, -0.15) is 13.2 Å². The normalized spacial score (nSPS) is 23.6. The number of hydrazine groups is 1. The maximum Gasteiger partial charge on any atom is 0.410 e. The van der Waals surface area contributed by atoms with E-state index in [4.69, 9.17) is 0 Å². The number of rotatable bonds is 8. The number of allylic oxidation sites excluding steroid dienone is 3. The van der Waals surface area contributed by atoms with Crippen molar-refractivity contribution < 1.29 is 13.2 Å². The quantitative estimate of drug-likeness (QED) is 0.593. The summed E-state index contributed by atoms with van der Waals surface area (Å²) in [4.78, 5) is 2.12. The Morgan fingerprint density at radius 1 is 1.45 bits per heavy atom. The molecule has 0 aromatic carbocycles. The Morgan fingerprint density at radius 2 is 2.18 bits per heavy atom. The maximum atomic E-state index is 12.7. The summed E-state index contributed by atoms with van der Waals surface area (Å²) in [5.74, 6) is 0.0601. The van der Waals surface area contributed by atoms with Crippen LogP contribution < -0.4 is 16.2 Å². The van der Waals surface area contributed by atoms with Crippen LogP contribution in [-0.4, -0.2) is 57.4 Å². The van der Waals surface area contributed by atoms with E-state index in [1.807, 2.05) is 14.1 Å². The zero-order chi connectivity index (χ0) is 16.6. The number of alkyl halides is 3. The average molecular weight is 318 g/mol. The van der Waals surface area contributed by atoms with Gasteiger partial charge in [-0.3, -0.25) is 5.43 Å². The summed E-state index contributed by atoms with van der Waals surface area (Å²) in [5.41, 5.74) is 6.13. The molecule has 1 aliphatic heterocycles. The van der Waals surface area contributed by atoms with Crippen molar-refractivity contribution in [2.24, 2.45) is 5.92 Å². The van der Waals surface area contributed by atoms with Crippen molar-refractivity contribution in [2.75, 3.05) is 40.3 Å². The minimum absolute atomic E-state index is 0.0601. The van der Waals surface area contributed by atoms with Crippen molar-refractivity contribution in [3.8, 4) is 0 Å². The van der Waals surface area contributed by atoms with E-state index in [1.54, 1.807) is 0 Å². The third kappa shape index (κ3) is 6.74. The van der Waals surface area contributed by atoms with Crippen molar-refractivity contribution in [2.45, 2.75) is 12.2 Å². The summed E-state index contributed by atoms with van der Waals surface area (Å²) in [6, 6.07) is -0.380. The number of likely N-dealkylation sites (N-methyl/N-ethyl adjacent to an activating group) is 2. The predicted octanol–water partition coefficient (Wildman–Crippen LogP) is 1.46. The molecule has 2 unspecified atom stereocenters. The summed E-state index contributed by atoms with van der Waals surface area (Å²) < 4.78 is 38.2. The van der Waals surface area contributed by atoms with Crippen molar-refractivity contribution in [1.82, 2.24) is 21.1 Å². The molecule has 0 aliphatic carbocycles. The van der Waals surface area contributed by atoms with Crippen LogP contribution in [0.1, 0.15) is 0 Å². The molecular formula is C15H25F3N4. The van der Waals surface area contributed by atoms with Crippen LogP contribution in [0.2, 0.25) is 0 Å². The zero-order valence-electron chi connectivity index (χ0n) is 13.1. The van der Waals surface area contributed by atoms with Crippen LogP contribution in [-0.2, 0) is 0 Å². The third-order valence-electron chi connectivity index (χ3n) is 3.50. The van der Waals surface area contributed by atoms with Gasteiger partial charge in [0.2, 0.25) is 0 Å². The molecule has 1 rings (SSSR count). The van der Waals surface area contributed by atoms with Gasteiger partial charge in [0.05, 0.1) is 6.04 Å². The first-order valence-corrected chi connectivity index (χ1v) is 7.27. The SMILES string of the molecule is C=C/C=C\C(=C\C(F)(F)F)C1NNCC1CN(C)CCNC. The van der Waals surface area contributed by atoms with E-state index < -0.39 is 6.18 Å². The van der Waals surface area contributed by atoms with Crippen molar-refractivity contribution in [3.63, 3.8) is 0 Å². The van der Waals surface area contributed by atoms with Crippen LogP contribution in [0.3, 0.4) is 0 Å². The Kier molecular flexibility index (Phi) is 7.81. The molecule has 22 heavy (non-hydrogen) atoms. The molecule has 1 heterocycles. The van der Waals surface area contributed by atoms with Crippen molar-refractivity contribution in [1.29, 1.82) is 0 Å². The van der Waals surface area contributed by atoms with Gasteiger partial charge in [0.25, 0.3) is 0 Å². The molecule has 0 radical (unpaired) electrons. The average Bonchev–Trinajstić information content (AvgIpc) is 2.88. The summed E-state index contributed by atoms with van der Waals surface area (Å²) in [7, 11) is 3.85. The maximum absolute atomic E-state index is 12.7. The smallest absolute Gasteiger partial charge is 0.318 e. The van der Waals surface area contributed by atoms with Crippen molar-refractivity contribution in [3.05, 3.63) is 36.5 Å². The summed E-state index contributed by atoms with van der Waals surface area (Å²) in [6.45, 7) is 6.54. The molecule has 0 spiro atoms. The highest BCUT2D eigenvalue weighted by molar-refractivity contribution is 5.30. The molecule has 0 amide bonds. The number of hydrogen-bond donors (Lipinski definition) is 3. The molecule has 2 atom stereocenters. The fraction of sp³-hybridized carbons (Fsp3) is 0.600. The first kappa shape index (κ1) is 18.9. The number of nitrogens with zero attached hydrogens (tertiary/aromatic N) is 1. The Morgan fingerprint density at radius 3 is 2.77 bits per heavy atom. The van der Waals surface area contributed by atoms with E-state index in [0.29, 0.717) is 19.2 Å². The van der Waals surface area contributed by atoms with E-state index in [9.17, 15) is 13.2 Å². The van der Waals surface area contributed by atoms with E-state index in [0.717, 1.165) is 13.1 Å². The van der Waals surface area contributed by atoms with Crippen LogP contribution in [0.15, 0.2) is 36.5 Å². The van der Waals surface area contributed by atoms with Crippen molar-refractivity contribution >= 4 is 0 Å². The first-order valence-electron chi connectivity index (χ1n) is 7.27. The van der Waals surface area contributed by atoms with Gasteiger partial charge in [-0.15, -0.1) is 0 Å². The first-order chi connectivity index (χ1) is 10.4. The molecule has 126 valence electrons. The van der Waals surface area contributed by atoms with Gasteiger partial charge in [0, 0.05) is 38.2 Å². The third-order valence-corrected chi connectivity index (χ3v) is 3.50. The van der Waals surface area contributed by atoms with Gasteiger partial charge in [0.1, 0.15) is 0 Å². The molecule has 1 saturated heterocycles. The molecule has 7 heteroatoms. The second-order valence-electron chi connectivity index (χ2n) is 5.41. The Bertz CT molecular complexity index is 404. The number of halogens is 3. The lowest BCUT2D eigenvalue weighted by molar-refractivity contribution is -0.0806. The Balaban J connectivity index is 2.81. The van der Waals surface area contributed by atoms with E-state index in [-0.39, 0.29) is 17.5 Å². The molecule has 0 aromatic heterocycles. The van der Waals surface area contributed by atoms with Gasteiger partial charge < -0.3 is 10.2 Å². The highest BCUT2D eigenvalue weighted by atomic mass is 19.4. The fourth-order valence-electron chi connectivity index (χ4n) is 2.47. The Labute approximate surface area is 130 Å². The molecule has 3 N–H and O–H groups in total. The lowest BCUT2D eigenvalue weighted by Gasteiger charge is -2.25. The van der Waals surface area contributed by atoms with Gasteiger partial charge in [0.15, 0.2) is 0 Å². The van der Waals surface area contributed by atoms with Crippen LogP contribution in [0.5, 0.6) is 0 Å². The highest BCUT2D eigenvalue weighted by Gasteiger charge is 2.33. The largest absolute Gasteiger partial charge is 0.410 e. The van der Waals surface area contributed by atoms with Crippen LogP contribution >= 0.6 is 0 Å². The number of hydrogen-bond acceptors (Lipinski definition) is 4. The van der Waals surface area contributed by atoms with E-state index >= 15 is 0 Å². The summed E-state index contributed by atoms with van der Waals surface area (Å²) >= 11 is 0. The summed E-state index contributed by atoms with van der Waals surface area (Å²) in [6.07, 6.45) is 0.484. The Hall–Kier alpha value is -1.15. The standard InChI is InChI=1S/C15H25F3N4/c1-4-5-6-12(9-15(16,17)18)14-13(10-20-21-14)11-22(3)8-7-19-2/h4-6,9,13-14,19-21H,1,7-8,10-11H2,2-3H3/b6-5-,12-9-. The van der Waals surface area contributed by atoms with Gasteiger partial charge in [-0.25, -0.2) is 5.43 Å². The lowest BCUT2D eigenvalue weighted by Crippen LogP contribution is -2.39. The van der Waals surface area contributed by atoms with Crippen LogP contribution in [0, 0.1) is 5.92 Å². The van der Waals surface area contributed by atoms with E-state index in [1.165, 1.54) is 18.2 Å². The molecule has 1 aliphatic rings. The minimum atomic E-state index is -4.34. The molecular weight excluding hydrogens is 293 g/mol. The number of nitrogens with one attached hydrogen (secondary N) is 3. The predicted molar refractivity (Wildman–Crippen MR) is 83.3 cm³/mol. The molecule has 0 bridgehead atoms. The highest BCUT2D eigenvalue weighted by Crippen LogP contribution is 2.25. The zero-order valence-corrected chi connectivity index (χ0v) is 13.1. The van der Waals surface area contributed by atoms with Gasteiger partial charge >= 0.3 is 6.18 Å². The fourth-order valence-corrected chi connectivity index (χ4v) is 2.47. The second kappa shape index (κ2) is 9.09. The van der Waals surface area contributed by atoms with Crippen LogP contribution in [0.4, 0.5) is 13.2 Å².